The maximum atomic E-state index is 9.73. The predicted octanol–water partition coefficient (Wildman–Crippen LogP) is 3.46. The van der Waals surface area contributed by atoms with Crippen molar-refractivity contribution in [2.24, 2.45) is 0 Å². The highest BCUT2D eigenvalue weighted by molar-refractivity contribution is 5.35. The standard InChI is InChI=1S/C17H20O3/c1-2-17(19)14-5-9-16(10-6-14)20-15-7-3-13(4-8-15)11-12-18/h3-10,17-19H,2,11-12H2,1H3/t17-/m1/s1. The molecule has 0 radical (unpaired) electrons. The van der Waals surface area contributed by atoms with Crippen molar-refractivity contribution in [3.8, 4) is 11.5 Å². The first-order valence-corrected chi connectivity index (χ1v) is 6.88. The molecular formula is C17H20O3. The van der Waals surface area contributed by atoms with Crippen LogP contribution in [0.3, 0.4) is 0 Å². The van der Waals surface area contributed by atoms with E-state index in [1.165, 1.54) is 0 Å². The van der Waals surface area contributed by atoms with Crippen LogP contribution in [0.25, 0.3) is 0 Å². The molecule has 0 bridgehead atoms. The van der Waals surface area contributed by atoms with Crippen LogP contribution in [0, 0.1) is 0 Å². The van der Waals surface area contributed by atoms with E-state index in [-0.39, 0.29) is 6.61 Å². The van der Waals surface area contributed by atoms with Gasteiger partial charge < -0.3 is 14.9 Å². The molecule has 2 aromatic rings. The van der Waals surface area contributed by atoms with Gasteiger partial charge in [0.1, 0.15) is 11.5 Å². The van der Waals surface area contributed by atoms with Gasteiger partial charge in [-0.05, 0) is 48.2 Å². The third-order valence-corrected chi connectivity index (χ3v) is 3.21. The van der Waals surface area contributed by atoms with Crippen molar-refractivity contribution in [1.29, 1.82) is 0 Å². The average Bonchev–Trinajstić information content (AvgIpc) is 2.49. The van der Waals surface area contributed by atoms with Gasteiger partial charge >= 0.3 is 0 Å². The molecule has 0 unspecified atom stereocenters. The van der Waals surface area contributed by atoms with Crippen molar-refractivity contribution < 1.29 is 14.9 Å². The average molecular weight is 272 g/mol. The van der Waals surface area contributed by atoms with E-state index in [1.54, 1.807) is 0 Å². The minimum atomic E-state index is -0.415. The van der Waals surface area contributed by atoms with Crippen LogP contribution >= 0.6 is 0 Å². The molecule has 0 amide bonds. The molecule has 0 spiro atoms. The molecule has 0 fully saturated rings. The van der Waals surface area contributed by atoms with Crippen molar-refractivity contribution in [2.75, 3.05) is 6.61 Å². The molecule has 0 aromatic heterocycles. The highest BCUT2D eigenvalue weighted by Gasteiger charge is 2.04. The second-order valence-corrected chi connectivity index (χ2v) is 4.71. The Bertz CT molecular complexity index is 517. The lowest BCUT2D eigenvalue weighted by Crippen LogP contribution is -1.94. The van der Waals surface area contributed by atoms with Crippen LogP contribution in [0.1, 0.15) is 30.6 Å². The number of rotatable bonds is 6. The smallest absolute Gasteiger partial charge is 0.127 e. The normalized spacial score (nSPS) is 12.2. The Labute approximate surface area is 119 Å². The van der Waals surface area contributed by atoms with Gasteiger partial charge in [-0.3, -0.25) is 0 Å². The molecule has 0 aliphatic rings. The summed E-state index contributed by atoms with van der Waals surface area (Å²) in [5, 5.41) is 18.6. The molecule has 2 aromatic carbocycles. The van der Waals surface area contributed by atoms with Crippen molar-refractivity contribution >= 4 is 0 Å². The summed E-state index contributed by atoms with van der Waals surface area (Å²) < 4.78 is 5.74. The van der Waals surface area contributed by atoms with Crippen molar-refractivity contribution in [2.45, 2.75) is 25.9 Å². The fourth-order valence-electron chi connectivity index (χ4n) is 1.98. The van der Waals surface area contributed by atoms with E-state index in [1.807, 2.05) is 55.5 Å². The first-order chi connectivity index (χ1) is 9.72. The van der Waals surface area contributed by atoms with Gasteiger partial charge in [0.25, 0.3) is 0 Å². The van der Waals surface area contributed by atoms with Crippen LogP contribution in [0.5, 0.6) is 11.5 Å². The van der Waals surface area contributed by atoms with E-state index in [9.17, 15) is 5.11 Å². The molecule has 2 N–H and O–H groups in total. The molecule has 20 heavy (non-hydrogen) atoms. The van der Waals surface area contributed by atoms with Crippen LogP contribution < -0.4 is 4.74 Å². The largest absolute Gasteiger partial charge is 0.457 e. The lowest BCUT2D eigenvalue weighted by atomic mass is 10.1. The molecule has 0 saturated carbocycles. The molecule has 3 nitrogen and oxygen atoms in total. The number of ether oxygens (including phenoxy) is 1. The summed E-state index contributed by atoms with van der Waals surface area (Å²) in [6, 6.07) is 15.1. The third-order valence-electron chi connectivity index (χ3n) is 3.21. The molecule has 3 heteroatoms. The van der Waals surface area contributed by atoms with Gasteiger partial charge in [0.05, 0.1) is 6.10 Å². The Morgan fingerprint density at radius 2 is 1.50 bits per heavy atom. The summed E-state index contributed by atoms with van der Waals surface area (Å²) in [6.45, 7) is 2.10. The Morgan fingerprint density at radius 1 is 0.950 bits per heavy atom. The summed E-state index contributed by atoms with van der Waals surface area (Å²) in [6.07, 6.45) is 0.943. The first-order valence-electron chi connectivity index (χ1n) is 6.88. The molecule has 1 atom stereocenters. The van der Waals surface area contributed by atoms with Crippen LogP contribution in [0.15, 0.2) is 48.5 Å². The van der Waals surface area contributed by atoms with Gasteiger partial charge in [-0.2, -0.15) is 0 Å². The zero-order valence-corrected chi connectivity index (χ0v) is 11.6. The second kappa shape index (κ2) is 7.08. The minimum Gasteiger partial charge on any atom is -0.457 e. The van der Waals surface area contributed by atoms with Crippen LogP contribution in [-0.2, 0) is 6.42 Å². The summed E-state index contributed by atoms with van der Waals surface area (Å²) >= 11 is 0. The van der Waals surface area contributed by atoms with E-state index >= 15 is 0 Å². The lowest BCUT2D eigenvalue weighted by molar-refractivity contribution is 0.173. The molecule has 106 valence electrons. The zero-order valence-electron chi connectivity index (χ0n) is 11.6. The van der Waals surface area contributed by atoms with E-state index in [2.05, 4.69) is 0 Å². The molecule has 0 saturated heterocycles. The number of aliphatic hydroxyl groups excluding tert-OH is 2. The number of hydrogen-bond acceptors (Lipinski definition) is 3. The predicted molar refractivity (Wildman–Crippen MR) is 79.0 cm³/mol. The van der Waals surface area contributed by atoms with Crippen molar-refractivity contribution in [1.82, 2.24) is 0 Å². The maximum Gasteiger partial charge on any atom is 0.127 e. The Balaban J connectivity index is 2.02. The molecule has 2 rings (SSSR count). The van der Waals surface area contributed by atoms with Gasteiger partial charge in [0, 0.05) is 6.61 Å². The van der Waals surface area contributed by atoms with Crippen LogP contribution in [0.4, 0.5) is 0 Å². The first kappa shape index (κ1) is 14.6. The van der Waals surface area contributed by atoms with Gasteiger partial charge in [0.15, 0.2) is 0 Å². The molecule has 0 aliphatic carbocycles. The highest BCUT2D eigenvalue weighted by atomic mass is 16.5. The van der Waals surface area contributed by atoms with E-state index in [0.29, 0.717) is 12.8 Å². The topological polar surface area (TPSA) is 49.7 Å². The van der Waals surface area contributed by atoms with Gasteiger partial charge in [0.2, 0.25) is 0 Å². The summed E-state index contributed by atoms with van der Waals surface area (Å²) in [5.74, 6) is 1.50. The Morgan fingerprint density at radius 3 is 2.00 bits per heavy atom. The number of aliphatic hydroxyl groups is 2. The van der Waals surface area contributed by atoms with Gasteiger partial charge in [-0.25, -0.2) is 0 Å². The van der Waals surface area contributed by atoms with Crippen molar-refractivity contribution in [3.63, 3.8) is 0 Å². The SMILES string of the molecule is CC[C@@H](O)c1ccc(Oc2ccc(CCO)cc2)cc1. The van der Waals surface area contributed by atoms with E-state index in [4.69, 9.17) is 9.84 Å². The quantitative estimate of drug-likeness (QED) is 0.846. The van der Waals surface area contributed by atoms with Crippen LogP contribution in [-0.4, -0.2) is 16.8 Å². The maximum absolute atomic E-state index is 9.73. The Hall–Kier alpha value is -1.84. The monoisotopic (exact) mass is 272 g/mol. The van der Waals surface area contributed by atoms with E-state index in [0.717, 1.165) is 22.6 Å². The molecular weight excluding hydrogens is 252 g/mol. The molecule has 0 heterocycles. The fourth-order valence-corrected chi connectivity index (χ4v) is 1.98. The molecule has 0 aliphatic heterocycles. The fraction of sp³-hybridized carbons (Fsp3) is 0.294. The zero-order chi connectivity index (χ0) is 14.4. The minimum absolute atomic E-state index is 0.154. The number of hydrogen-bond donors (Lipinski definition) is 2. The van der Waals surface area contributed by atoms with Gasteiger partial charge in [-0.1, -0.05) is 31.2 Å². The van der Waals surface area contributed by atoms with Gasteiger partial charge in [-0.15, -0.1) is 0 Å². The van der Waals surface area contributed by atoms with Crippen LogP contribution in [0.2, 0.25) is 0 Å². The second-order valence-electron chi connectivity index (χ2n) is 4.71. The third kappa shape index (κ3) is 3.83. The summed E-state index contributed by atoms with van der Waals surface area (Å²) in [4.78, 5) is 0. The van der Waals surface area contributed by atoms with E-state index < -0.39 is 6.10 Å². The Kier molecular flexibility index (Phi) is 5.16. The summed E-state index contributed by atoms with van der Waals surface area (Å²) in [7, 11) is 0. The number of benzene rings is 2. The highest BCUT2D eigenvalue weighted by Crippen LogP contribution is 2.24. The summed E-state index contributed by atoms with van der Waals surface area (Å²) in [5.41, 5.74) is 1.99. The lowest BCUT2D eigenvalue weighted by Gasteiger charge is -2.10. The van der Waals surface area contributed by atoms with Crippen molar-refractivity contribution in [3.05, 3.63) is 59.7 Å².